The smallest absolute Gasteiger partial charge is 0.252 e. The molecule has 0 saturated carbocycles. The summed E-state index contributed by atoms with van der Waals surface area (Å²) in [4.78, 5) is 23.6. The normalized spacial score (nSPS) is 10.4. The van der Waals surface area contributed by atoms with Crippen molar-refractivity contribution >= 4 is 23.4 Å². The first-order valence-corrected chi connectivity index (χ1v) is 7.68. The van der Waals surface area contributed by atoms with Crippen LogP contribution in [-0.2, 0) is 11.2 Å². The van der Waals surface area contributed by atoms with Crippen LogP contribution in [0.2, 0.25) is 5.02 Å². The molecule has 0 aromatic heterocycles. The summed E-state index contributed by atoms with van der Waals surface area (Å²) in [6, 6.07) is 6.95. The van der Waals surface area contributed by atoms with E-state index in [2.05, 4.69) is 10.6 Å². The maximum atomic E-state index is 13.2. The predicted molar refractivity (Wildman–Crippen MR) is 86.8 cm³/mol. The highest BCUT2D eigenvalue weighted by molar-refractivity contribution is 6.33. The van der Waals surface area contributed by atoms with Crippen molar-refractivity contribution in [3.8, 4) is 0 Å². The lowest BCUT2D eigenvalue weighted by Gasteiger charge is -2.09. The van der Waals surface area contributed by atoms with E-state index in [1.807, 2.05) is 0 Å². The van der Waals surface area contributed by atoms with E-state index in [0.29, 0.717) is 11.6 Å². The first-order valence-electron chi connectivity index (χ1n) is 7.30. The third-order valence-electron chi connectivity index (χ3n) is 3.27. The van der Waals surface area contributed by atoms with Gasteiger partial charge >= 0.3 is 0 Å². The number of carbonyl (C=O) groups is 2. The Hall–Kier alpha value is -2.54. The Morgan fingerprint density at radius 3 is 2.20 bits per heavy atom. The Labute approximate surface area is 147 Å². The highest BCUT2D eigenvalue weighted by Gasteiger charge is 2.14. The molecule has 0 bridgehead atoms. The van der Waals surface area contributed by atoms with Gasteiger partial charge < -0.3 is 10.6 Å². The van der Waals surface area contributed by atoms with Gasteiger partial charge in [0.2, 0.25) is 5.91 Å². The average Bonchev–Trinajstić information content (AvgIpc) is 2.57. The average molecular weight is 371 g/mol. The van der Waals surface area contributed by atoms with Gasteiger partial charge in [-0.05, 0) is 29.8 Å². The van der Waals surface area contributed by atoms with Gasteiger partial charge in [0.15, 0.2) is 11.6 Å². The minimum atomic E-state index is -1.18. The Bertz CT molecular complexity index is 782. The number of rotatable bonds is 6. The molecular weight excluding hydrogens is 357 g/mol. The van der Waals surface area contributed by atoms with Crippen molar-refractivity contribution in [1.82, 2.24) is 10.6 Å². The van der Waals surface area contributed by atoms with Crippen molar-refractivity contribution in [1.29, 1.82) is 0 Å². The number of amides is 2. The van der Waals surface area contributed by atoms with Crippen molar-refractivity contribution < 1.29 is 22.8 Å². The zero-order chi connectivity index (χ0) is 18.4. The number of hydrogen-bond donors (Lipinski definition) is 2. The first kappa shape index (κ1) is 18.8. The molecule has 2 aromatic carbocycles. The molecule has 0 saturated heterocycles. The molecule has 0 aliphatic carbocycles. The Morgan fingerprint density at radius 1 is 0.920 bits per heavy atom. The molecule has 0 aliphatic heterocycles. The van der Waals surface area contributed by atoms with Crippen LogP contribution in [-0.4, -0.2) is 24.9 Å². The van der Waals surface area contributed by atoms with Crippen molar-refractivity contribution in [3.63, 3.8) is 0 Å². The van der Waals surface area contributed by atoms with Gasteiger partial charge in [0.1, 0.15) is 5.82 Å². The third kappa shape index (κ3) is 5.49. The van der Waals surface area contributed by atoms with Gasteiger partial charge in [-0.15, -0.1) is 0 Å². The SMILES string of the molecule is O=C(Cc1ccc(F)cc1)NCCNC(=O)c1cc(F)c(F)cc1Cl. The molecule has 2 N–H and O–H groups in total. The van der Waals surface area contributed by atoms with Crippen LogP contribution in [0.4, 0.5) is 13.2 Å². The second kappa shape index (κ2) is 8.53. The fourth-order valence-corrected chi connectivity index (χ4v) is 2.26. The molecule has 0 radical (unpaired) electrons. The van der Waals surface area contributed by atoms with Crippen LogP contribution >= 0.6 is 11.6 Å². The van der Waals surface area contributed by atoms with E-state index in [1.54, 1.807) is 0 Å². The van der Waals surface area contributed by atoms with Crippen LogP contribution in [0.3, 0.4) is 0 Å². The first-order chi connectivity index (χ1) is 11.9. The molecular formula is C17H14ClF3N2O2. The largest absolute Gasteiger partial charge is 0.354 e. The lowest BCUT2D eigenvalue weighted by Crippen LogP contribution is -2.35. The Morgan fingerprint density at radius 2 is 1.52 bits per heavy atom. The lowest BCUT2D eigenvalue weighted by atomic mass is 10.1. The molecule has 25 heavy (non-hydrogen) atoms. The van der Waals surface area contributed by atoms with Crippen LogP contribution in [0, 0.1) is 17.5 Å². The summed E-state index contributed by atoms with van der Waals surface area (Å²) >= 11 is 5.70. The van der Waals surface area contributed by atoms with E-state index in [0.717, 1.165) is 6.07 Å². The summed E-state index contributed by atoms with van der Waals surface area (Å²) in [5.74, 6) is -3.69. The van der Waals surface area contributed by atoms with Crippen molar-refractivity contribution in [2.75, 3.05) is 13.1 Å². The summed E-state index contributed by atoms with van der Waals surface area (Å²) in [5, 5.41) is 4.80. The highest BCUT2D eigenvalue weighted by atomic mass is 35.5. The predicted octanol–water partition coefficient (Wildman–Crippen LogP) is 2.85. The fraction of sp³-hybridized carbons (Fsp3) is 0.176. The fourth-order valence-electron chi connectivity index (χ4n) is 2.02. The monoisotopic (exact) mass is 370 g/mol. The maximum absolute atomic E-state index is 13.2. The molecule has 0 aliphatic rings. The Balaban J connectivity index is 1.77. The van der Waals surface area contributed by atoms with E-state index in [1.165, 1.54) is 24.3 Å². The zero-order valence-corrected chi connectivity index (χ0v) is 13.7. The van der Waals surface area contributed by atoms with Crippen LogP contribution < -0.4 is 10.6 Å². The molecule has 4 nitrogen and oxygen atoms in total. The van der Waals surface area contributed by atoms with Crippen LogP contribution in [0.1, 0.15) is 15.9 Å². The maximum Gasteiger partial charge on any atom is 0.252 e. The topological polar surface area (TPSA) is 58.2 Å². The number of hydrogen-bond acceptors (Lipinski definition) is 2. The number of nitrogens with one attached hydrogen (secondary N) is 2. The van der Waals surface area contributed by atoms with Gasteiger partial charge in [-0.25, -0.2) is 13.2 Å². The van der Waals surface area contributed by atoms with E-state index in [-0.39, 0.29) is 41.8 Å². The molecule has 8 heteroatoms. The van der Waals surface area contributed by atoms with Gasteiger partial charge in [0, 0.05) is 13.1 Å². The third-order valence-corrected chi connectivity index (χ3v) is 3.58. The highest BCUT2D eigenvalue weighted by Crippen LogP contribution is 2.19. The quantitative estimate of drug-likeness (QED) is 0.607. The summed E-state index contributed by atoms with van der Waals surface area (Å²) in [5.41, 5.74) is 0.453. The molecule has 0 unspecified atom stereocenters. The molecule has 0 fully saturated rings. The molecule has 132 valence electrons. The summed E-state index contributed by atoms with van der Waals surface area (Å²) < 4.78 is 38.9. The molecule has 0 heterocycles. The lowest BCUT2D eigenvalue weighted by molar-refractivity contribution is -0.120. The van der Waals surface area contributed by atoms with Crippen LogP contribution in [0.15, 0.2) is 36.4 Å². The molecule has 0 spiro atoms. The van der Waals surface area contributed by atoms with Crippen LogP contribution in [0.5, 0.6) is 0 Å². The van der Waals surface area contributed by atoms with E-state index < -0.39 is 17.5 Å². The van der Waals surface area contributed by atoms with Crippen molar-refractivity contribution in [3.05, 3.63) is 70.0 Å². The minimum absolute atomic E-state index is 0.0726. The standard InChI is InChI=1S/C17H14ClF3N2O2/c18-13-9-15(21)14(20)8-12(13)17(25)23-6-5-22-16(24)7-10-1-3-11(19)4-2-10/h1-4,8-9H,5-7H2,(H,22,24)(H,23,25). The zero-order valence-electron chi connectivity index (χ0n) is 12.9. The van der Waals surface area contributed by atoms with E-state index in [9.17, 15) is 22.8 Å². The molecule has 0 atom stereocenters. The van der Waals surface area contributed by atoms with E-state index >= 15 is 0 Å². The Kier molecular flexibility index (Phi) is 6.41. The van der Waals surface area contributed by atoms with Crippen LogP contribution in [0.25, 0.3) is 0 Å². The van der Waals surface area contributed by atoms with Gasteiger partial charge in [0.25, 0.3) is 5.91 Å². The number of carbonyl (C=O) groups excluding carboxylic acids is 2. The molecule has 2 rings (SSSR count). The summed E-state index contributed by atoms with van der Waals surface area (Å²) in [6.45, 7) is 0.205. The summed E-state index contributed by atoms with van der Waals surface area (Å²) in [7, 11) is 0. The van der Waals surface area contributed by atoms with Crippen molar-refractivity contribution in [2.24, 2.45) is 0 Å². The minimum Gasteiger partial charge on any atom is -0.354 e. The van der Waals surface area contributed by atoms with Gasteiger partial charge in [-0.1, -0.05) is 23.7 Å². The van der Waals surface area contributed by atoms with Gasteiger partial charge in [-0.3, -0.25) is 9.59 Å². The van der Waals surface area contributed by atoms with Gasteiger partial charge in [-0.2, -0.15) is 0 Å². The second-order valence-electron chi connectivity index (χ2n) is 5.16. The van der Waals surface area contributed by atoms with Gasteiger partial charge in [0.05, 0.1) is 17.0 Å². The molecule has 2 aromatic rings. The number of benzene rings is 2. The summed E-state index contributed by atoms with van der Waals surface area (Å²) in [6.07, 6.45) is 0.0726. The van der Waals surface area contributed by atoms with E-state index in [4.69, 9.17) is 11.6 Å². The van der Waals surface area contributed by atoms with Crippen molar-refractivity contribution in [2.45, 2.75) is 6.42 Å². The molecule has 2 amide bonds. The number of halogens is 4. The second-order valence-corrected chi connectivity index (χ2v) is 5.56.